The highest BCUT2D eigenvalue weighted by molar-refractivity contribution is 7.92. The Balaban J connectivity index is 1.80. The number of carbonyl (C=O) groups excluding carboxylic acids is 2. The van der Waals surface area contributed by atoms with Crippen LogP contribution in [0.5, 0.6) is 0 Å². The number of pyridine rings is 1. The third-order valence-electron chi connectivity index (χ3n) is 3.38. The molecule has 8 nitrogen and oxygen atoms in total. The molecule has 154 valence electrons. The van der Waals surface area contributed by atoms with Crippen molar-refractivity contribution in [2.24, 2.45) is 0 Å². The third kappa shape index (κ3) is 7.82. The Hall–Kier alpha value is -2.46. The Kier molecular flexibility index (Phi) is 8.15. The van der Waals surface area contributed by atoms with Crippen LogP contribution in [0.2, 0.25) is 10.0 Å². The number of rotatable bonds is 8. The van der Waals surface area contributed by atoms with Gasteiger partial charge < -0.3 is 10.1 Å². The number of amides is 1. The summed E-state index contributed by atoms with van der Waals surface area (Å²) >= 11 is 11.8. The fraction of sp³-hybridized carbons (Fsp3) is 0.167. The molecule has 2 rings (SSSR count). The Morgan fingerprint density at radius 3 is 2.55 bits per heavy atom. The summed E-state index contributed by atoms with van der Waals surface area (Å²) in [5.74, 6) is -1.55. The van der Waals surface area contributed by atoms with E-state index in [9.17, 15) is 18.0 Å². The summed E-state index contributed by atoms with van der Waals surface area (Å²) in [6.07, 6.45) is 1.38. The maximum atomic E-state index is 11.9. The van der Waals surface area contributed by atoms with Gasteiger partial charge in [-0.1, -0.05) is 53.5 Å². The second-order valence-electron chi connectivity index (χ2n) is 5.67. The number of aryl methyl sites for hydroxylation is 1. The molecule has 0 saturated heterocycles. The summed E-state index contributed by atoms with van der Waals surface area (Å²) in [6, 6.07) is 10.2. The van der Waals surface area contributed by atoms with Crippen molar-refractivity contribution in [3.63, 3.8) is 0 Å². The summed E-state index contributed by atoms with van der Waals surface area (Å²) in [5.41, 5.74) is 1.14. The van der Waals surface area contributed by atoms with E-state index in [1.807, 2.05) is 0 Å². The van der Waals surface area contributed by atoms with Crippen molar-refractivity contribution in [2.75, 3.05) is 18.5 Å². The highest BCUT2D eigenvalue weighted by Gasteiger charge is 2.14. The SMILES string of the molecule is Cc1nc(NC(=O)COC(=O)CNS(=O)(=O)/C=C/c2ccccc2)c(Cl)cc1Cl. The number of carbonyl (C=O) groups is 2. The van der Waals surface area contributed by atoms with Crippen molar-refractivity contribution < 1.29 is 22.7 Å². The Morgan fingerprint density at radius 1 is 1.17 bits per heavy atom. The lowest BCUT2D eigenvalue weighted by atomic mass is 10.2. The first kappa shape index (κ1) is 22.8. The Morgan fingerprint density at radius 2 is 1.86 bits per heavy atom. The summed E-state index contributed by atoms with van der Waals surface area (Å²) in [5, 5.41) is 3.77. The van der Waals surface area contributed by atoms with Gasteiger partial charge in [0.2, 0.25) is 10.0 Å². The highest BCUT2D eigenvalue weighted by atomic mass is 35.5. The predicted octanol–water partition coefficient (Wildman–Crippen LogP) is 2.77. The van der Waals surface area contributed by atoms with Gasteiger partial charge in [0.15, 0.2) is 12.4 Å². The van der Waals surface area contributed by atoms with E-state index in [4.69, 9.17) is 27.9 Å². The molecule has 1 heterocycles. The number of sulfonamides is 1. The molecule has 0 aliphatic heterocycles. The van der Waals surface area contributed by atoms with Gasteiger partial charge in [-0.3, -0.25) is 9.59 Å². The molecule has 0 spiro atoms. The van der Waals surface area contributed by atoms with Crippen LogP contribution in [0.1, 0.15) is 11.3 Å². The molecule has 0 atom stereocenters. The predicted molar refractivity (Wildman–Crippen MR) is 111 cm³/mol. The quantitative estimate of drug-likeness (QED) is 0.588. The number of nitrogens with one attached hydrogen (secondary N) is 2. The number of esters is 1. The van der Waals surface area contributed by atoms with Crippen LogP contribution in [0.25, 0.3) is 6.08 Å². The van der Waals surface area contributed by atoms with Gasteiger partial charge in [-0.25, -0.2) is 18.1 Å². The lowest BCUT2D eigenvalue weighted by molar-refractivity contribution is -0.146. The number of benzene rings is 1. The van der Waals surface area contributed by atoms with Crippen molar-refractivity contribution >= 4 is 57.0 Å². The zero-order valence-corrected chi connectivity index (χ0v) is 17.5. The molecule has 0 aliphatic rings. The smallest absolute Gasteiger partial charge is 0.321 e. The third-order valence-corrected chi connectivity index (χ3v) is 5.10. The fourth-order valence-electron chi connectivity index (χ4n) is 1.95. The number of hydrogen-bond acceptors (Lipinski definition) is 6. The molecule has 0 bridgehead atoms. The normalized spacial score (nSPS) is 11.4. The van der Waals surface area contributed by atoms with Gasteiger partial charge in [-0.05, 0) is 24.6 Å². The summed E-state index contributed by atoms with van der Waals surface area (Å²) in [6.45, 7) is 0.362. The molecule has 1 aromatic carbocycles. The Bertz CT molecular complexity index is 1030. The van der Waals surface area contributed by atoms with Gasteiger partial charge in [-0.15, -0.1) is 0 Å². The van der Waals surface area contributed by atoms with E-state index in [-0.39, 0.29) is 10.8 Å². The molecule has 11 heteroatoms. The van der Waals surface area contributed by atoms with Gasteiger partial charge in [0.05, 0.1) is 15.7 Å². The minimum absolute atomic E-state index is 0.0707. The van der Waals surface area contributed by atoms with Crippen molar-refractivity contribution in [1.82, 2.24) is 9.71 Å². The van der Waals surface area contributed by atoms with Crippen LogP contribution in [0.4, 0.5) is 5.82 Å². The first-order valence-corrected chi connectivity index (χ1v) is 10.5. The second-order valence-corrected chi connectivity index (χ2v) is 8.14. The van der Waals surface area contributed by atoms with Crippen LogP contribution in [0, 0.1) is 6.92 Å². The molecule has 29 heavy (non-hydrogen) atoms. The molecule has 0 unspecified atom stereocenters. The molecule has 0 saturated carbocycles. The van der Waals surface area contributed by atoms with E-state index in [1.54, 1.807) is 37.3 Å². The summed E-state index contributed by atoms with van der Waals surface area (Å²) in [4.78, 5) is 27.5. The molecule has 0 fully saturated rings. The van der Waals surface area contributed by atoms with Gasteiger partial charge in [0, 0.05) is 5.41 Å². The van der Waals surface area contributed by atoms with Crippen molar-refractivity contribution in [1.29, 1.82) is 0 Å². The van der Waals surface area contributed by atoms with Crippen LogP contribution >= 0.6 is 23.2 Å². The topological polar surface area (TPSA) is 114 Å². The van der Waals surface area contributed by atoms with E-state index < -0.39 is 35.1 Å². The van der Waals surface area contributed by atoms with E-state index in [1.165, 1.54) is 12.1 Å². The molecule has 2 N–H and O–H groups in total. The van der Waals surface area contributed by atoms with Gasteiger partial charge >= 0.3 is 5.97 Å². The van der Waals surface area contributed by atoms with Crippen LogP contribution in [-0.2, 0) is 24.3 Å². The zero-order chi connectivity index (χ0) is 21.4. The second kappa shape index (κ2) is 10.4. The minimum atomic E-state index is -3.85. The lowest BCUT2D eigenvalue weighted by Gasteiger charge is -2.09. The van der Waals surface area contributed by atoms with E-state index in [2.05, 4.69) is 15.0 Å². The van der Waals surface area contributed by atoms with Gasteiger partial charge in [0.25, 0.3) is 5.91 Å². The Labute approximate surface area is 177 Å². The number of hydrogen-bond donors (Lipinski definition) is 2. The zero-order valence-electron chi connectivity index (χ0n) is 15.2. The van der Waals surface area contributed by atoms with E-state index in [0.29, 0.717) is 16.3 Å². The van der Waals surface area contributed by atoms with Crippen molar-refractivity contribution in [3.05, 3.63) is 63.1 Å². The van der Waals surface area contributed by atoms with Gasteiger partial charge in [0.1, 0.15) is 6.54 Å². The molecule has 0 aliphatic carbocycles. The van der Waals surface area contributed by atoms with E-state index >= 15 is 0 Å². The summed E-state index contributed by atoms with van der Waals surface area (Å²) < 4.78 is 30.5. The fourth-order valence-corrected chi connectivity index (χ4v) is 3.11. The monoisotopic (exact) mass is 457 g/mol. The van der Waals surface area contributed by atoms with E-state index in [0.717, 1.165) is 5.41 Å². The maximum absolute atomic E-state index is 11.9. The highest BCUT2D eigenvalue weighted by Crippen LogP contribution is 2.25. The van der Waals surface area contributed by atoms with Crippen LogP contribution in [0.3, 0.4) is 0 Å². The first-order valence-electron chi connectivity index (χ1n) is 8.17. The maximum Gasteiger partial charge on any atom is 0.321 e. The molecular weight excluding hydrogens is 441 g/mol. The summed E-state index contributed by atoms with van der Waals surface area (Å²) in [7, 11) is -3.85. The largest absolute Gasteiger partial charge is 0.455 e. The first-order chi connectivity index (χ1) is 13.7. The van der Waals surface area contributed by atoms with Crippen LogP contribution in [-0.4, -0.2) is 38.4 Å². The molecular formula is C18H17Cl2N3O5S. The van der Waals surface area contributed by atoms with Crippen LogP contribution in [0.15, 0.2) is 41.8 Å². The number of anilines is 1. The number of halogens is 2. The lowest BCUT2D eigenvalue weighted by Crippen LogP contribution is -2.31. The van der Waals surface area contributed by atoms with Crippen LogP contribution < -0.4 is 10.0 Å². The number of nitrogens with zero attached hydrogens (tertiary/aromatic N) is 1. The van der Waals surface area contributed by atoms with Gasteiger partial charge in [-0.2, -0.15) is 0 Å². The van der Waals surface area contributed by atoms with Crippen molar-refractivity contribution in [2.45, 2.75) is 6.92 Å². The average molecular weight is 458 g/mol. The molecule has 2 aromatic rings. The number of ether oxygens (including phenoxy) is 1. The minimum Gasteiger partial charge on any atom is -0.455 e. The number of aromatic nitrogens is 1. The molecule has 1 amide bonds. The molecule has 1 aromatic heterocycles. The molecule has 0 radical (unpaired) electrons. The standard InChI is InChI=1S/C18H17Cl2N3O5S/c1-12-14(19)9-15(20)18(22-12)23-16(24)11-28-17(25)10-21-29(26,27)8-7-13-5-3-2-4-6-13/h2-9,21H,10-11H2,1H3,(H,22,23,24)/b8-7+. The average Bonchev–Trinajstić information content (AvgIpc) is 2.68. The van der Waals surface area contributed by atoms with Crippen molar-refractivity contribution in [3.8, 4) is 0 Å².